The number of hydrogen-bond donors (Lipinski definition) is 1. The monoisotopic (exact) mass is 212 g/mol. The summed E-state index contributed by atoms with van der Waals surface area (Å²) in [4.78, 5) is 2.49. The Hall–Kier alpha value is -0.340. The molecule has 2 nitrogen and oxygen atoms in total. The van der Waals surface area contributed by atoms with Crippen molar-refractivity contribution in [3.05, 3.63) is 12.7 Å². The first-order chi connectivity index (χ1) is 7.02. The van der Waals surface area contributed by atoms with E-state index in [2.05, 4.69) is 37.6 Å². The Morgan fingerprint density at radius 3 is 2.33 bits per heavy atom. The van der Waals surface area contributed by atoms with Crippen LogP contribution in [0.1, 0.15) is 40.0 Å². The predicted molar refractivity (Wildman–Crippen MR) is 69.3 cm³/mol. The van der Waals surface area contributed by atoms with Crippen molar-refractivity contribution < 1.29 is 0 Å². The van der Waals surface area contributed by atoms with E-state index in [0.29, 0.717) is 0 Å². The van der Waals surface area contributed by atoms with Crippen molar-refractivity contribution in [3.63, 3.8) is 0 Å². The molecular weight excluding hydrogens is 184 g/mol. The molecule has 0 amide bonds. The highest BCUT2D eigenvalue weighted by atomic mass is 15.2. The van der Waals surface area contributed by atoms with Gasteiger partial charge in [-0.2, -0.15) is 0 Å². The molecule has 0 aliphatic rings. The molecule has 0 radical (unpaired) electrons. The summed E-state index contributed by atoms with van der Waals surface area (Å²) < 4.78 is 0. The Morgan fingerprint density at radius 1 is 1.20 bits per heavy atom. The van der Waals surface area contributed by atoms with E-state index in [1.807, 2.05) is 13.1 Å². The normalized spacial score (nSPS) is 12.1. The highest BCUT2D eigenvalue weighted by Crippen LogP contribution is 2.14. The van der Waals surface area contributed by atoms with Gasteiger partial charge in [-0.25, -0.2) is 0 Å². The average Bonchev–Trinajstić information content (AvgIpc) is 2.14. The number of rotatable bonds is 8. The molecule has 0 aromatic heterocycles. The van der Waals surface area contributed by atoms with Crippen molar-refractivity contribution in [1.82, 2.24) is 10.2 Å². The van der Waals surface area contributed by atoms with Crippen LogP contribution < -0.4 is 5.32 Å². The summed E-state index contributed by atoms with van der Waals surface area (Å²) in [6, 6.07) is 0. The molecule has 1 N–H and O–H groups in total. The van der Waals surface area contributed by atoms with E-state index >= 15 is 0 Å². The fraction of sp³-hybridized carbons (Fsp3) is 0.846. The Bertz CT molecular complexity index is 158. The second-order valence-corrected chi connectivity index (χ2v) is 5.07. The molecule has 0 aliphatic heterocycles. The van der Waals surface area contributed by atoms with Gasteiger partial charge in [-0.3, -0.25) is 4.90 Å². The van der Waals surface area contributed by atoms with Gasteiger partial charge >= 0.3 is 0 Å². The summed E-state index contributed by atoms with van der Waals surface area (Å²) in [5, 5.41) is 3.18. The largest absolute Gasteiger partial charge is 0.320 e. The molecule has 0 saturated carbocycles. The van der Waals surface area contributed by atoms with Crippen LogP contribution in [0.25, 0.3) is 0 Å². The number of unbranched alkanes of at least 4 members (excludes halogenated alkanes) is 2. The third-order valence-electron chi connectivity index (χ3n) is 2.65. The van der Waals surface area contributed by atoms with E-state index in [0.717, 1.165) is 13.1 Å². The molecule has 15 heavy (non-hydrogen) atoms. The van der Waals surface area contributed by atoms with Crippen molar-refractivity contribution in [2.45, 2.75) is 45.6 Å². The molecule has 0 unspecified atom stereocenters. The van der Waals surface area contributed by atoms with Gasteiger partial charge in [0.25, 0.3) is 0 Å². The van der Waals surface area contributed by atoms with Crippen LogP contribution in [-0.4, -0.2) is 37.1 Å². The fourth-order valence-electron chi connectivity index (χ4n) is 1.64. The first-order valence-electron chi connectivity index (χ1n) is 6.03. The zero-order valence-electron chi connectivity index (χ0n) is 11.0. The molecule has 0 aromatic rings. The van der Waals surface area contributed by atoms with E-state index in [1.165, 1.54) is 25.8 Å². The summed E-state index contributed by atoms with van der Waals surface area (Å²) in [6.45, 7) is 13.9. The molecule has 0 aromatic carbocycles. The average molecular weight is 212 g/mol. The van der Waals surface area contributed by atoms with Crippen LogP contribution in [0, 0.1) is 0 Å². The van der Waals surface area contributed by atoms with E-state index in [9.17, 15) is 0 Å². The van der Waals surface area contributed by atoms with Crippen LogP contribution >= 0.6 is 0 Å². The van der Waals surface area contributed by atoms with Crippen molar-refractivity contribution in [1.29, 1.82) is 0 Å². The highest BCUT2D eigenvalue weighted by Gasteiger charge is 2.18. The molecule has 0 atom stereocenters. The van der Waals surface area contributed by atoms with Gasteiger partial charge in [-0.15, -0.1) is 6.58 Å². The van der Waals surface area contributed by atoms with Crippen LogP contribution in [0.15, 0.2) is 12.7 Å². The Balaban J connectivity index is 3.72. The maximum Gasteiger partial charge on any atom is 0.0165 e. The minimum Gasteiger partial charge on any atom is -0.320 e. The lowest BCUT2D eigenvalue weighted by atomic mass is 10.1. The summed E-state index contributed by atoms with van der Waals surface area (Å²) in [5.74, 6) is 0. The third kappa shape index (κ3) is 7.57. The van der Waals surface area contributed by atoms with Gasteiger partial charge in [0, 0.05) is 12.1 Å². The maximum absolute atomic E-state index is 3.82. The number of nitrogens with one attached hydrogen (secondary N) is 1. The van der Waals surface area contributed by atoms with Crippen LogP contribution in [0.5, 0.6) is 0 Å². The molecular formula is C13H28N2. The number of nitrogens with zero attached hydrogens (tertiary/aromatic N) is 1. The van der Waals surface area contributed by atoms with Crippen molar-refractivity contribution in [2.75, 3.05) is 26.7 Å². The van der Waals surface area contributed by atoms with Gasteiger partial charge in [0.05, 0.1) is 0 Å². The van der Waals surface area contributed by atoms with Crippen molar-refractivity contribution in [2.24, 2.45) is 0 Å². The SMILES string of the molecule is C=CCN(CCCCCNC)C(C)(C)C. The molecule has 0 rings (SSSR count). The second kappa shape index (κ2) is 7.89. The van der Waals surface area contributed by atoms with E-state index in [4.69, 9.17) is 0 Å². The molecule has 0 aliphatic carbocycles. The Morgan fingerprint density at radius 2 is 1.87 bits per heavy atom. The first kappa shape index (κ1) is 14.7. The highest BCUT2D eigenvalue weighted by molar-refractivity contribution is 4.82. The minimum absolute atomic E-state index is 0.261. The molecule has 0 bridgehead atoms. The molecule has 2 heteroatoms. The van der Waals surface area contributed by atoms with E-state index < -0.39 is 0 Å². The van der Waals surface area contributed by atoms with Gasteiger partial charge in [0.15, 0.2) is 0 Å². The maximum atomic E-state index is 3.82. The lowest BCUT2D eigenvalue weighted by Gasteiger charge is -2.34. The first-order valence-corrected chi connectivity index (χ1v) is 6.03. The second-order valence-electron chi connectivity index (χ2n) is 5.07. The standard InChI is InChI=1S/C13H28N2/c1-6-11-15(13(2,3)4)12-9-7-8-10-14-5/h6,14H,1,7-12H2,2-5H3. The summed E-state index contributed by atoms with van der Waals surface area (Å²) >= 11 is 0. The smallest absolute Gasteiger partial charge is 0.0165 e. The van der Waals surface area contributed by atoms with Crippen LogP contribution in [0.2, 0.25) is 0 Å². The summed E-state index contributed by atoms with van der Waals surface area (Å²) in [6.07, 6.45) is 5.87. The zero-order chi connectivity index (χ0) is 11.7. The zero-order valence-corrected chi connectivity index (χ0v) is 11.0. The van der Waals surface area contributed by atoms with Crippen LogP contribution in [0.3, 0.4) is 0 Å². The lowest BCUT2D eigenvalue weighted by molar-refractivity contribution is 0.151. The molecule has 0 saturated heterocycles. The molecule has 0 spiro atoms. The van der Waals surface area contributed by atoms with Gasteiger partial charge in [0.2, 0.25) is 0 Å². The predicted octanol–water partition coefficient (Wildman–Crippen LogP) is 2.66. The fourth-order valence-corrected chi connectivity index (χ4v) is 1.64. The van der Waals surface area contributed by atoms with E-state index in [-0.39, 0.29) is 5.54 Å². The molecule has 0 fully saturated rings. The minimum atomic E-state index is 0.261. The molecule has 0 heterocycles. The Labute approximate surface area is 95.7 Å². The van der Waals surface area contributed by atoms with Gasteiger partial charge in [0.1, 0.15) is 0 Å². The van der Waals surface area contributed by atoms with Crippen LogP contribution in [0.4, 0.5) is 0 Å². The lowest BCUT2D eigenvalue weighted by Crippen LogP contribution is -2.42. The van der Waals surface area contributed by atoms with Gasteiger partial charge in [-0.1, -0.05) is 12.5 Å². The third-order valence-corrected chi connectivity index (χ3v) is 2.65. The van der Waals surface area contributed by atoms with Crippen molar-refractivity contribution >= 4 is 0 Å². The topological polar surface area (TPSA) is 15.3 Å². The van der Waals surface area contributed by atoms with Crippen LogP contribution in [-0.2, 0) is 0 Å². The Kier molecular flexibility index (Phi) is 7.71. The van der Waals surface area contributed by atoms with Gasteiger partial charge in [-0.05, 0) is 53.8 Å². The summed E-state index contributed by atoms with van der Waals surface area (Å²) in [5.41, 5.74) is 0.261. The number of hydrogen-bond acceptors (Lipinski definition) is 2. The quantitative estimate of drug-likeness (QED) is 0.491. The molecule has 90 valence electrons. The van der Waals surface area contributed by atoms with E-state index in [1.54, 1.807) is 0 Å². The van der Waals surface area contributed by atoms with Gasteiger partial charge < -0.3 is 5.32 Å². The van der Waals surface area contributed by atoms with Crippen molar-refractivity contribution in [3.8, 4) is 0 Å². The summed E-state index contributed by atoms with van der Waals surface area (Å²) in [7, 11) is 2.01.